The number of nitrogens with zero attached hydrogens (tertiary/aromatic N) is 3. The third-order valence-corrected chi connectivity index (χ3v) is 7.08. The molecular weight excluding hydrogens is 499 g/mol. The molecule has 0 spiro atoms. The number of halogens is 1. The summed E-state index contributed by atoms with van der Waals surface area (Å²) in [7, 11) is 0. The molecule has 3 aromatic carbocycles. The van der Waals surface area contributed by atoms with Crippen molar-refractivity contribution in [2.75, 3.05) is 0 Å². The van der Waals surface area contributed by atoms with Gasteiger partial charge in [0.05, 0.1) is 16.9 Å². The van der Waals surface area contributed by atoms with Crippen LogP contribution in [-0.4, -0.2) is 25.1 Å². The van der Waals surface area contributed by atoms with Crippen LogP contribution in [0.3, 0.4) is 0 Å². The quantitative estimate of drug-likeness (QED) is 0.205. The van der Waals surface area contributed by atoms with Gasteiger partial charge in [0, 0.05) is 47.5 Å². The van der Waals surface area contributed by atoms with Crippen LogP contribution in [0.25, 0.3) is 55.7 Å². The Bertz CT molecular complexity index is 1960. The van der Waals surface area contributed by atoms with Crippen molar-refractivity contribution in [2.45, 2.75) is 13.1 Å². The first-order valence-corrected chi connectivity index (χ1v) is 13.1. The molecule has 4 aromatic heterocycles. The zero-order chi connectivity index (χ0) is 26.9. The molecule has 7 rings (SSSR count). The number of aromatic amines is 2. The summed E-state index contributed by atoms with van der Waals surface area (Å²) in [6, 6.07) is 31.1. The van der Waals surface area contributed by atoms with Gasteiger partial charge in [-0.3, -0.25) is 10.1 Å². The number of pyridine rings is 2. The minimum Gasteiger partial charge on any atom is -0.353 e. The molecule has 7 heteroatoms. The Hall–Kier alpha value is -5.14. The van der Waals surface area contributed by atoms with E-state index >= 15 is 0 Å². The van der Waals surface area contributed by atoms with Crippen molar-refractivity contribution in [3.8, 4) is 33.8 Å². The smallest absolute Gasteiger partial charge is 0.135 e. The fraction of sp³-hybridized carbons (Fsp3) is 0.0606. The van der Waals surface area contributed by atoms with E-state index in [9.17, 15) is 4.39 Å². The van der Waals surface area contributed by atoms with Crippen molar-refractivity contribution in [3.63, 3.8) is 0 Å². The molecule has 0 amide bonds. The summed E-state index contributed by atoms with van der Waals surface area (Å²) in [5.41, 5.74) is 9.48. The van der Waals surface area contributed by atoms with Crippen molar-refractivity contribution in [1.29, 1.82) is 0 Å². The first-order chi connectivity index (χ1) is 19.7. The highest BCUT2D eigenvalue weighted by Crippen LogP contribution is 2.35. The molecule has 0 bridgehead atoms. The van der Waals surface area contributed by atoms with Gasteiger partial charge in [0.1, 0.15) is 17.0 Å². The van der Waals surface area contributed by atoms with Gasteiger partial charge < -0.3 is 10.3 Å². The second kappa shape index (κ2) is 10.2. The predicted octanol–water partition coefficient (Wildman–Crippen LogP) is 7.26. The van der Waals surface area contributed by atoms with E-state index in [4.69, 9.17) is 4.98 Å². The lowest BCUT2D eigenvalue weighted by Crippen LogP contribution is -2.12. The molecule has 0 fully saturated rings. The van der Waals surface area contributed by atoms with Gasteiger partial charge in [0.25, 0.3) is 0 Å². The third-order valence-electron chi connectivity index (χ3n) is 7.08. The van der Waals surface area contributed by atoms with E-state index in [1.54, 1.807) is 12.1 Å². The van der Waals surface area contributed by atoms with Crippen molar-refractivity contribution in [1.82, 2.24) is 30.5 Å². The molecule has 4 heterocycles. The monoisotopic (exact) mass is 524 g/mol. The minimum atomic E-state index is -0.250. The van der Waals surface area contributed by atoms with Crippen LogP contribution in [0.4, 0.5) is 4.39 Å². The maximum atomic E-state index is 14.6. The molecule has 0 saturated heterocycles. The van der Waals surface area contributed by atoms with Gasteiger partial charge in [-0.15, -0.1) is 0 Å². The minimum absolute atomic E-state index is 0.250. The van der Waals surface area contributed by atoms with E-state index < -0.39 is 0 Å². The summed E-state index contributed by atoms with van der Waals surface area (Å²) >= 11 is 0. The van der Waals surface area contributed by atoms with Crippen LogP contribution in [0.15, 0.2) is 109 Å². The van der Waals surface area contributed by atoms with Crippen LogP contribution < -0.4 is 5.32 Å². The molecule has 0 aliphatic heterocycles. The zero-order valence-electron chi connectivity index (χ0n) is 21.5. The fourth-order valence-corrected chi connectivity index (χ4v) is 5.12. The van der Waals surface area contributed by atoms with Crippen LogP contribution in [0.1, 0.15) is 11.1 Å². The van der Waals surface area contributed by atoms with Crippen LogP contribution in [0, 0.1) is 5.82 Å². The first-order valence-electron chi connectivity index (χ1n) is 13.1. The van der Waals surface area contributed by atoms with Crippen LogP contribution in [-0.2, 0) is 13.1 Å². The van der Waals surface area contributed by atoms with Crippen LogP contribution >= 0.6 is 0 Å². The highest BCUT2D eigenvalue weighted by Gasteiger charge is 2.16. The maximum absolute atomic E-state index is 14.6. The molecule has 3 N–H and O–H groups in total. The number of nitrogens with one attached hydrogen (secondary N) is 3. The topological polar surface area (TPSA) is 82.3 Å². The van der Waals surface area contributed by atoms with E-state index in [2.05, 4.69) is 43.7 Å². The summed E-state index contributed by atoms with van der Waals surface area (Å²) in [6.45, 7) is 1.49. The molecule has 0 atom stereocenters. The van der Waals surface area contributed by atoms with E-state index in [0.717, 1.165) is 56.6 Å². The standard InChI is InChI=1S/C33H25FN6/c34-27-11-5-4-9-25(27)24-10-6-12-29-26(24)16-31(37-29)33-32-30(39-40-33)14-13-28(38-32)23-15-22(19-36-20-23)18-35-17-21-7-2-1-3-8-21/h1-16,19-20,35,37H,17-18H2,(H,39,40). The van der Waals surface area contributed by atoms with Gasteiger partial charge in [0.2, 0.25) is 0 Å². The van der Waals surface area contributed by atoms with Gasteiger partial charge in [-0.1, -0.05) is 60.7 Å². The number of hydrogen-bond acceptors (Lipinski definition) is 4. The van der Waals surface area contributed by atoms with E-state index in [-0.39, 0.29) is 5.82 Å². The van der Waals surface area contributed by atoms with Gasteiger partial charge in [-0.05, 0) is 53.1 Å². The molecule has 194 valence electrons. The molecule has 7 aromatic rings. The van der Waals surface area contributed by atoms with Crippen molar-refractivity contribution in [2.24, 2.45) is 0 Å². The van der Waals surface area contributed by atoms with E-state index in [1.165, 1.54) is 11.6 Å². The maximum Gasteiger partial charge on any atom is 0.135 e. The molecule has 0 aliphatic rings. The van der Waals surface area contributed by atoms with Crippen LogP contribution in [0.5, 0.6) is 0 Å². The fourth-order valence-electron chi connectivity index (χ4n) is 5.12. The Morgan fingerprint density at radius 3 is 2.45 bits per heavy atom. The molecule has 0 saturated carbocycles. The number of aromatic nitrogens is 5. The van der Waals surface area contributed by atoms with Crippen molar-refractivity contribution >= 4 is 21.9 Å². The lowest BCUT2D eigenvalue weighted by Gasteiger charge is -2.07. The number of hydrogen-bond donors (Lipinski definition) is 3. The summed E-state index contributed by atoms with van der Waals surface area (Å²) in [6.07, 6.45) is 3.71. The number of H-pyrrole nitrogens is 2. The highest BCUT2D eigenvalue weighted by atomic mass is 19.1. The average molecular weight is 525 g/mol. The second-order valence-corrected chi connectivity index (χ2v) is 9.77. The third kappa shape index (κ3) is 4.52. The highest BCUT2D eigenvalue weighted by molar-refractivity contribution is 6.00. The summed E-state index contributed by atoms with van der Waals surface area (Å²) in [5, 5.41) is 12.1. The Balaban J connectivity index is 1.21. The number of benzene rings is 3. The Kier molecular flexibility index (Phi) is 6.11. The van der Waals surface area contributed by atoms with Gasteiger partial charge in [-0.25, -0.2) is 9.37 Å². The molecule has 40 heavy (non-hydrogen) atoms. The zero-order valence-corrected chi connectivity index (χ0v) is 21.5. The Morgan fingerprint density at radius 2 is 1.55 bits per heavy atom. The number of fused-ring (bicyclic) bond motifs is 2. The SMILES string of the molecule is Fc1ccccc1-c1cccc2[nH]c(-c3n[nH]c4ccc(-c5cncc(CNCc6ccccc6)c5)nc34)cc12. The van der Waals surface area contributed by atoms with E-state index in [0.29, 0.717) is 17.8 Å². The largest absolute Gasteiger partial charge is 0.353 e. The number of rotatable bonds is 7. The summed E-state index contributed by atoms with van der Waals surface area (Å²) < 4.78 is 14.6. The molecule has 6 nitrogen and oxygen atoms in total. The molecular formula is C33H25FN6. The van der Waals surface area contributed by atoms with Gasteiger partial charge in [-0.2, -0.15) is 5.10 Å². The summed E-state index contributed by atoms with van der Waals surface area (Å²) in [5.74, 6) is -0.250. The normalized spacial score (nSPS) is 11.4. The first kappa shape index (κ1) is 23.9. The molecule has 0 unspecified atom stereocenters. The Labute approximate surface area is 230 Å². The predicted molar refractivity (Wildman–Crippen MR) is 157 cm³/mol. The second-order valence-electron chi connectivity index (χ2n) is 9.77. The van der Waals surface area contributed by atoms with E-state index in [1.807, 2.05) is 73.1 Å². The van der Waals surface area contributed by atoms with Gasteiger partial charge in [0.15, 0.2) is 0 Å². The Morgan fingerprint density at radius 1 is 0.725 bits per heavy atom. The van der Waals surface area contributed by atoms with Crippen molar-refractivity contribution in [3.05, 3.63) is 126 Å². The molecule has 0 radical (unpaired) electrons. The molecule has 0 aliphatic carbocycles. The van der Waals surface area contributed by atoms with Gasteiger partial charge >= 0.3 is 0 Å². The average Bonchev–Trinajstić information content (AvgIpc) is 3.62. The van der Waals surface area contributed by atoms with Crippen molar-refractivity contribution < 1.29 is 4.39 Å². The lowest BCUT2D eigenvalue weighted by atomic mass is 10.0. The summed E-state index contributed by atoms with van der Waals surface area (Å²) in [4.78, 5) is 12.9. The lowest BCUT2D eigenvalue weighted by molar-refractivity contribution is 0.631. The van der Waals surface area contributed by atoms with Crippen LogP contribution in [0.2, 0.25) is 0 Å².